The van der Waals surface area contributed by atoms with E-state index in [1.54, 1.807) is 0 Å². The number of aliphatic hydroxyl groups is 2. The van der Waals surface area contributed by atoms with Crippen molar-refractivity contribution in [1.82, 2.24) is 0 Å². The zero-order chi connectivity index (χ0) is 14.3. The summed E-state index contributed by atoms with van der Waals surface area (Å²) in [6.07, 6.45) is 4.77. The van der Waals surface area contributed by atoms with E-state index in [0.717, 1.165) is 12.8 Å². The summed E-state index contributed by atoms with van der Waals surface area (Å²) >= 11 is 0. The Bertz CT molecular complexity index is 217. The molecular weight excluding hydrogens is 252 g/mol. The maximum atomic E-state index is 11.2. The number of esters is 2. The summed E-state index contributed by atoms with van der Waals surface area (Å²) in [6.45, 7) is -0.0798. The minimum absolute atomic E-state index is 0.128. The van der Waals surface area contributed by atoms with Gasteiger partial charge in [0.25, 0.3) is 0 Å². The topological polar surface area (TPSA) is 93.1 Å². The van der Waals surface area contributed by atoms with E-state index in [0.29, 0.717) is 25.7 Å². The molecule has 0 fully saturated rings. The van der Waals surface area contributed by atoms with Crippen LogP contribution in [-0.4, -0.2) is 42.2 Å². The predicted octanol–water partition coefficient (Wildman–Crippen LogP) is 1.14. The highest BCUT2D eigenvalue weighted by atomic mass is 16.7. The van der Waals surface area contributed by atoms with Crippen LogP contribution in [0.15, 0.2) is 0 Å². The van der Waals surface area contributed by atoms with Crippen LogP contribution in [0.2, 0.25) is 0 Å². The zero-order valence-corrected chi connectivity index (χ0v) is 11.3. The van der Waals surface area contributed by atoms with Crippen LogP contribution < -0.4 is 0 Å². The van der Waals surface area contributed by atoms with E-state index >= 15 is 0 Å². The van der Waals surface area contributed by atoms with Gasteiger partial charge in [-0.15, -0.1) is 0 Å². The molecule has 6 heteroatoms. The summed E-state index contributed by atoms with van der Waals surface area (Å²) < 4.78 is 9.47. The first-order valence-corrected chi connectivity index (χ1v) is 6.73. The van der Waals surface area contributed by atoms with Crippen molar-refractivity contribution in [3.63, 3.8) is 0 Å². The van der Waals surface area contributed by atoms with Gasteiger partial charge in [0.05, 0.1) is 0 Å². The molecule has 0 atom stereocenters. The van der Waals surface area contributed by atoms with Crippen molar-refractivity contribution < 1.29 is 29.3 Å². The molecule has 0 heterocycles. The number of hydrogen-bond acceptors (Lipinski definition) is 6. The van der Waals surface area contributed by atoms with Crippen LogP contribution in [0.5, 0.6) is 0 Å². The largest absolute Gasteiger partial charge is 0.428 e. The zero-order valence-electron chi connectivity index (χ0n) is 11.3. The van der Waals surface area contributed by atoms with E-state index in [1.165, 1.54) is 0 Å². The Labute approximate surface area is 113 Å². The van der Waals surface area contributed by atoms with Crippen molar-refractivity contribution >= 4 is 11.9 Å². The molecule has 2 N–H and O–H groups in total. The average Bonchev–Trinajstić information content (AvgIpc) is 2.40. The number of rotatable bonds is 12. The van der Waals surface area contributed by atoms with Gasteiger partial charge >= 0.3 is 11.9 Å². The van der Waals surface area contributed by atoms with Gasteiger partial charge in [-0.05, 0) is 25.7 Å². The quantitative estimate of drug-likeness (QED) is 0.315. The Kier molecular flexibility index (Phi) is 12.5. The van der Waals surface area contributed by atoms with Crippen LogP contribution in [0.4, 0.5) is 0 Å². The van der Waals surface area contributed by atoms with Gasteiger partial charge in [0, 0.05) is 26.1 Å². The van der Waals surface area contributed by atoms with Crippen LogP contribution in [0.3, 0.4) is 0 Å². The molecule has 0 aromatic rings. The minimum atomic E-state index is -0.397. The molecule has 0 saturated carbocycles. The third kappa shape index (κ3) is 13.1. The highest BCUT2D eigenvalue weighted by molar-refractivity contribution is 5.70. The normalized spacial score (nSPS) is 10.2. The summed E-state index contributed by atoms with van der Waals surface area (Å²) in [5.41, 5.74) is 0. The van der Waals surface area contributed by atoms with Crippen molar-refractivity contribution in [3.8, 4) is 0 Å². The van der Waals surface area contributed by atoms with Gasteiger partial charge in [0.15, 0.2) is 0 Å². The first kappa shape index (κ1) is 17.9. The molecule has 0 spiro atoms. The molecule has 0 unspecified atom stereocenters. The minimum Gasteiger partial charge on any atom is -0.428 e. The fourth-order valence-electron chi connectivity index (χ4n) is 1.42. The lowest BCUT2D eigenvalue weighted by molar-refractivity contribution is -0.167. The van der Waals surface area contributed by atoms with E-state index in [9.17, 15) is 9.59 Å². The molecule has 0 aliphatic heterocycles. The second kappa shape index (κ2) is 13.3. The van der Waals surface area contributed by atoms with Crippen molar-refractivity contribution in [2.75, 3.05) is 20.0 Å². The maximum Gasteiger partial charge on any atom is 0.308 e. The number of unbranched alkanes of at least 4 members (excludes halogenated alkanes) is 4. The molecule has 112 valence electrons. The molecule has 6 nitrogen and oxygen atoms in total. The second-order valence-electron chi connectivity index (χ2n) is 4.22. The first-order chi connectivity index (χ1) is 9.20. The number of carbonyl (C=O) groups is 2. The number of carbonyl (C=O) groups excluding carboxylic acids is 2. The van der Waals surface area contributed by atoms with Gasteiger partial charge in [-0.1, -0.05) is 12.8 Å². The Morgan fingerprint density at radius 2 is 1.11 bits per heavy atom. The molecule has 0 saturated heterocycles. The fourth-order valence-corrected chi connectivity index (χ4v) is 1.42. The summed E-state index contributed by atoms with van der Waals surface area (Å²) in [7, 11) is 0. The molecule has 0 aliphatic carbocycles. The van der Waals surface area contributed by atoms with Gasteiger partial charge in [-0.25, -0.2) is 0 Å². The average molecular weight is 276 g/mol. The third-order valence-electron chi connectivity index (χ3n) is 2.52. The van der Waals surface area contributed by atoms with Crippen LogP contribution in [0.1, 0.15) is 51.4 Å². The lowest BCUT2D eigenvalue weighted by Crippen LogP contribution is -2.12. The summed E-state index contributed by atoms with van der Waals surface area (Å²) in [4.78, 5) is 22.4. The molecule has 0 radical (unpaired) electrons. The van der Waals surface area contributed by atoms with Gasteiger partial charge in [-0.2, -0.15) is 0 Å². The third-order valence-corrected chi connectivity index (χ3v) is 2.52. The summed E-state index contributed by atoms with van der Waals surface area (Å²) in [6, 6.07) is 0. The molecule has 19 heavy (non-hydrogen) atoms. The van der Waals surface area contributed by atoms with Crippen LogP contribution >= 0.6 is 0 Å². The van der Waals surface area contributed by atoms with E-state index < -0.39 is 11.9 Å². The Morgan fingerprint density at radius 1 is 0.684 bits per heavy atom. The standard InChI is InChI=1S/C13H24O6/c14-9-5-1-3-7-12(16)18-11-19-13(17)8-4-2-6-10-15/h14-15H,1-11H2. The van der Waals surface area contributed by atoms with Crippen molar-refractivity contribution in [2.45, 2.75) is 51.4 Å². The number of ether oxygens (including phenoxy) is 2. The smallest absolute Gasteiger partial charge is 0.308 e. The molecule has 0 aromatic carbocycles. The molecule has 0 amide bonds. The predicted molar refractivity (Wildman–Crippen MR) is 68.2 cm³/mol. The van der Waals surface area contributed by atoms with Gasteiger partial charge in [-0.3, -0.25) is 9.59 Å². The molecule has 0 aromatic heterocycles. The van der Waals surface area contributed by atoms with E-state index in [2.05, 4.69) is 0 Å². The number of hydrogen-bond donors (Lipinski definition) is 2. The Morgan fingerprint density at radius 3 is 1.47 bits per heavy atom. The maximum absolute atomic E-state index is 11.2. The van der Waals surface area contributed by atoms with Gasteiger partial charge in [0.1, 0.15) is 0 Å². The molecule has 0 bridgehead atoms. The first-order valence-electron chi connectivity index (χ1n) is 6.73. The lowest BCUT2D eigenvalue weighted by atomic mass is 10.2. The van der Waals surface area contributed by atoms with Crippen molar-refractivity contribution in [2.24, 2.45) is 0 Å². The fraction of sp³-hybridized carbons (Fsp3) is 0.846. The van der Waals surface area contributed by atoms with Crippen LogP contribution in [0.25, 0.3) is 0 Å². The Hall–Kier alpha value is -1.14. The highest BCUT2D eigenvalue weighted by Gasteiger charge is 2.06. The molecular formula is C13H24O6. The van der Waals surface area contributed by atoms with Gasteiger partial charge in [0.2, 0.25) is 6.79 Å². The van der Waals surface area contributed by atoms with Crippen LogP contribution in [-0.2, 0) is 19.1 Å². The summed E-state index contributed by atoms with van der Waals surface area (Å²) in [5.74, 6) is -0.794. The lowest BCUT2D eigenvalue weighted by Gasteiger charge is -2.06. The SMILES string of the molecule is O=C(CCCCCO)OCOC(=O)CCCCCO. The van der Waals surface area contributed by atoms with E-state index in [1.807, 2.05) is 0 Å². The monoisotopic (exact) mass is 276 g/mol. The van der Waals surface area contributed by atoms with Crippen molar-refractivity contribution in [1.29, 1.82) is 0 Å². The summed E-state index contributed by atoms with van der Waals surface area (Å²) in [5, 5.41) is 17.1. The second-order valence-corrected chi connectivity index (χ2v) is 4.22. The number of aliphatic hydroxyl groups excluding tert-OH is 2. The highest BCUT2D eigenvalue weighted by Crippen LogP contribution is 2.02. The molecule has 0 rings (SSSR count). The van der Waals surface area contributed by atoms with Crippen molar-refractivity contribution in [3.05, 3.63) is 0 Å². The Balaban J connectivity index is 3.35. The van der Waals surface area contributed by atoms with E-state index in [4.69, 9.17) is 19.7 Å². The van der Waals surface area contributed by atoms with Gasteiger partial charge < -0.3 is 19.7 Å². The van der Waals surface area contributed by atoms with Crippen LogP contribution in [0, 0.1) is 0 Å². The molecule has 0 aliphatic rings. The van der Waals surface area contributed by atoms with E-state index in [-0.39, 0.29) is 32.8 Å².